The first-order chi connectivity index (χ1) is 5.78. The Labute approximate surface area is 77.1 Å². The Balaban J connectivity index is 3.65. The maximum atomic E-state index is 5.66. The first-order valence-corrected chi connectivity index (χ1v) is 5.20. The topological polar surface area (TPSA) is 29.3 Å². The van der Waals surface area contributed by atoms with Crippen molar-refractivity contribution in [3.05, 3.63) is 0 Å². The van der Waals surface area contributed by atoms with E-state index < -0.39 is 0 Å². The van der Waals surface area contributed by atoms with Gasteiger partial charge in [0.2, 0.25) is 0 Å². The van der Waals surface area contributed by atoms with Gasteiger partial charge in [-0.05, 0) is 32.0 Å². The summed E-state index contributed by atoms with van der Waals surface area (Å²) in [6.07, 6.45) is 2.45. The molecule has 0 rings (SSSR count). The van der Waals surface area contributed by atoms with Crippen LogP contribution in [0.3, 0.4) is 0 Å². The minimum atomic E-state index is 0.691. The molecule has 0 radical (unpaired) electrons. The van der Waals surface area contributed by atoms with Gasteiger partial charge in [-0.25, -0.2) is 0 Å². The van der Waals surface area contributed by atoms with Crippen molar-refractivity contribution in [3.8, 4) is 0 Å². The second-order valence-corrected chi connectivity index (χ2v) is 3.40. The molecule has 0 aromatic rings. The van der Waals surface area contributed by atoms with Crippen LogP contribution in [0.25, 0.3) is 0 Å². The Kier molecular flexibility index (Phi) is 7.51. The Morgan fingerprint density at radius 2 is 1.92 bits per heavy atom. The zero-order valence-corrected chi connectivity index (χ0v) is 8.84. The second kappa shape index (κ2) is 7.56. The Morgan fingerprint density at radius 1 is 1.25 bits per heavy atom. The predicted octanol–water partition coefficient (Wildman–Crippen LogP) is 1.70. The maximum Gasteiger partial charge on any atom is 0.00215 e. The van der Waals surface area contributed by atoms with Crippen LogP contribution in [0.5, 0.6) is 0 Å². The maximum absolute atomic E-state index is 5.66. The van der Waals surface area contributed by atoms with Crippen LogP contribution in [-0.2, 0) is 0 Å². The standard InChI is InChI=1S/C10H24N2/c1-4-7-12(6-3)9-10(5-2)8-11/h10H,4-9,11H2,1-3H3. The minimum absolute atomic E-state index is 0.691. The number of nitrogens with two attached hydrogens (primary N) is 1. The summed E-state index contributed by atoms with van der Waals surface area (Å²) in [5, 5.41) is 0. The van der Waals surface area contributed by atoms with Crippen molar-refractivity contribution >= 4 is 0 Å². The summed E-state index contributed by atoms with van der Waals surface area (Å²) in [6.45, 7) is 11.0. The molecule has 0 fully saturated rings. The molecule has 0 spiro atoms. The summed E-state index contributed by atoms with van der Waals surface area (Å²) in [7, 11) is 0. The largest absolute Gasteiger partial charge is 0.330 e. The molecule has 0 saturated heterocycles. The van der Waals surface area contributed by atoms with Gasteiger partial charge in [0, 0.05) is 6.54 Å². The molecule has 1 atom stereocenters. The summed E-state index contributed by atoms with van der Waals surface area (Å²) < 4.78 is 0. The van der Waals surface area contributed by atoms with Crippen LogP contribution in [0.2, 0.25) is 0 Å². The summed E-state index contributed by atoms with van der Waals surface area (Å²) in [4.78, 5) is 2.49. The quantitative estimate of drug-likeness (QED) is 0.633. The third-order valence-corrected chi connectivity index (χ3v) is 2.41. The lowest BCUT2D eigenvalue weighted by atomic mass is 10.1. The molecule has 0 bridgehead atoms. The third kappa shape index (κ3) is 4.73. The highest BCUT2D eigenvalue weighted by atomic mass is 15.1. The van der Waals surface area contributed by atoms with Crippen LogP contribution in [0.15, 0.2) is 0 Å². The van der Waals surface area contributed by atoms with Crippen molar-refractivity contribution in [3.63, 3.8) is 0 Å². The van der Waals surface area contributed by atoms with E-state index in [1.54, 1.807) is 0 Å². The SMILES string of the molecule is CCCN(CC)CC(CC)CN. The van der Waals surface area contributed by atoms with Gasteiger partial charge in [-0.1, -0.05) is 27.2 Å². The summed E-state index contributed by atoms with van der Waals surface area (Å²) >= 11 is 0. The lowest BCUT2D eigenvalue weighted by Gasteiger charge is -2.24. The molecule has 12 heavy (non-hydrogen) atoms. The van der Waals surface area contributed by atoms with Gasteiger partial charge in [-0.3, -0.25) is 0 Å². The lowest BCUT2D eigenvalue weighted by molar-refractivity contribution is 0.240. The van der Waals surface area contributed by atoms with E-state index in [0.29, 0.717) is 5.92 Å². The van der Waals surface area contributed by atoms with Crippen LogP contribution in [-0.4, -0.2) is 31.1 Å². The molecule has 2 N–H and O–H groups in total. The zero-order valence-electron chi connectivity index (χ0n) is 8.84. The molecule has 0 aromatic heterocycles. The van der Waals surface area contributed by atoms with Crippen molar-refractivity contribution in [2.24, 2.45) is 11.7 Å². The summed E-state index contributed by atoms with van der Waals surface area (Å²) in [5.41, 5.74) is 5.66. The third-order valence-electron chi connectivity index (χ3n) is 2.41. The smallest absolute Gasteiger partial charge is 0.00215 e. The molecule has 0 saturated carbocycles. The van der Waals surface area contributed by atoms with Gasteiger partial charge in [0.1, 0.15) is 0 Å². The average Bonchev–Trinajstić information content (AvgIpc) is 2.12. The number of hydrogen-bond acceptors (Lipinski definition) is 2. The number of hydrogen-bond donors (Lipinski definition) is 1. The molecule has 74 valence electrons. The number of rotatable bonds is 7. The van der Waals surface area contributed by atoms with Gasteiger partial charge in [-0.2, -0.15) is 0 Å². The molecule has 0 aliphatic carbocycles. The fraction of sp³-hybridized carbons (Fsp3) is 1.00. The van der Waals surface area contributed by atoms with Gasteiger partial charge in [0.25, 0.3) is 0 Å². The molecule has 0 heterocycles. The van der Waals surface area contributed by atoms with E-state index in [1.165, 1.54) is 25.9 Å². The molecule has 0 aliphatic heterocycles. The Morgan fingerprint density at radius 3 is 2.25 bits per heavy atom. The second-order valence-electron chi connectivity index (χ2n) is 3.40. The van der Waals surface area contributed by atoms with E-state index in [1.807, 2.05) is 0 Å². The minimum Gasteiger partial charge on any atom is -0.330 e. The van der Waals surface area contributed by atoms with Crippen LogP contribution in [0, 0.1) is 5.92 Å². The first-order valence-electron chi connectivity index (χ1n) is 5.20. The molecular formula is C10H24N2. The van der Waals surface area contributed by atoms with Gasteiger partial charge in [0.15, 0.2) is 0 Å². The van der Waals surface area contributed by atoms with E-state index in [0.717, 1.165) is 13.1 Å². The molecule has 0 aromatic carbocycles. The highest BCUT2D eigenvalue weighted by Crippen LogP contribution is 2.03. The van der Waals surface area contributed by atoms with E-state index in [4.69, 9.17) is 5.73 Å². The summed E-state index contributed by atoms with van der Waals surface area (Å²) in [5.74, 6) is 0.691. The first kappa shape index (κ1) is 11.9. The molecule has 2 heteroatoms. The van der Waals surface area contributed by atoms with Gasteiger partial charge < -0.3 is 10.6 Å². The molecule has 0 aliphatic rings. The number of nitrogens with zero attached hydrogens (tertiary/aromatic N) is 1. The van der Waals surface area contributed by atoms with Crippen LogP contribution in [0.4, 0.5) is 0 Å². The predicted molar refractivity (Wildman–Crippen MR) is 55.2 cm³/mol. The molecular weight excluding hydrogens is 148 g/mol. The van der Waals surface area contributed by atoms with Crippen molar-refractivity contribution in [1.82, 2.24) is 4.90 Å². The van der Waals surface area contributed by atoms with Gasteiger partial charge >= 0.3 is 0 Å². The van der Waals surface area contributed by atoms with E-state index in [9.17, 15) is 0 Å². The monoisotopic (exact) mass is 172 g/mol. The molecule has 1 unspecified atom stereocenters. The van der Waals surface area contributed by atoms with Crippen molar-refractivity contribution in [2.75, 3.05) is 26.2 Å². The van der Waals surface area contributed by atoms with E-state index in [-0.39, 0.29) is 0 Å². The fourth-order valence-corrected chi connectivity index (χ4v) is 1.43. The summed E-state index contributed by atoms with van der Waals surface area (Å²) in [6, 6.07) is 0. The van der Waals surface area contributed by atoms with E-state index in [2.05, 4.69) is 25.7 Å². The zero-order chi connectivity index (χ0) is 9.40. The van der Waals surface area contributed by atoms with Crippen LogP contribution >= 0.6 is 0 Å². The normalized spacial score (nSPS) is 13.8. The fourth-order valence-electron chi connectivity index (χ4n) is 1.43. The lowest BCUT2D eigenvalue weighted by Crippen LogP contribution is -2.33. The van der Waals surface area contributed by atoms with Gasteiger partial charge in [-0.15, -0.1) is 0 Å². The average molecular weight is 172 g/mol. The highest BCUT2D eigenvalue weighted by Gasteiger charge is 2.08. The van der Waals surface area contributed by atoms with Crippen LogP contribution < -0.4 is 5.73 Å². The van der Waals surface area contributed by atoms with Crippen molar-refractivity contribution in [1.29, 1.82) is 0 Å². The Hall–Kier alpha value is -0.0800. The van der Waals surface area contributed by atoms with Crippen molar-refractivity contribution < 1.29 is 0 Å². The highest BCUT2D eigenvalue weighted by molar-refractivity contribution is 4.64. The molecule has 2 nitrogen and oxygen atoms in total. The Bertz CT molecular complexity index is 89.8. The molecule has 0 amide bonds. The van der Waals surface area contributed by atoms with Crippen LogP contribution in [0.1, 0.15) is 33.6 Å². The van der Waals surface area contributed by atoms with Gasteiger partial charge in [0.05, 0.1) is 0 Å². The van der Waals surface area contributed by atoms with E-state index >= 15 is 0 Å². The van der Waals surface area contributed by atoms with Crippen molar-refractivity contribution in [2.45, 2.75) is 33.6 Å².